The van der Waals surface area contributed by atoms with E-state index in [2.05, 4.69) is 48.5 Å². The number of carbonyl (C=O) groups is 3. The van der Waals surface area contributed by atoms with Gasteiger partial charge < -0.3 is 25.4 Å². The number of hydrogen-bond acceptors (Lipinski definition) is 5. The molecule has 0 spiro atoms. The van der Waals surface area contributed by atoms with Gasteiger partial charge in [-0.25, -0.2) is 9.59 Å². The molecule has 2 unspecified atom stereocenters. The van der Waals surface area contributed by atoms with Crippen molar-refractivity contribution in [2.24, 2.45) is 17.8 Å². The molecule has 0 aliphatic heterocycles. The van der Waals surface area contributed by atoms with Crippen LogP contribution in [0.5, 0.6) is 0 Å². The van der Waals surface area contributed by atoms with Gasteiger partial charge in [0.25, 0.3) is 0 Å². The number of amides is 3. The number of carboxylic acid groups (broad SMARTS) is 1. The normalized spacial score (nSPS) is 16.3. The van der Waals surface area contributed by atoms with Gasteiger partial charge in [-0.05, 0) is 73.1 Å². The number of nitrogens with one attached hydrogen (secondary N) is 3. The maximum atomic E-state index is 13.0. The highest BCUT2D eigenvalue weighted by Gasteiger charge is 2.44. The molecule has 3 rings (SSSR count). The Hall–Kier alpha value is -3.75. The highest BCUT2D eigenvalue weighted by molar-refractivity contribution is 6.02. The lowest BCUT2D eigenvalue weighted by molar-refractivity contribution is -0.138. The number of carbonyl (C=O) groups excluding carboxylic acids is 2. The molecule has 0 aromatic heterocycles. The highest BCUT2D eigenvalue weighted by Crippen LogP contribution is 2.49. The molecule has 0 radical (unpaired) electrons. The van der Waals surface area contributed by atoms with E-state index < -0.39 is 18.1 Å². The van der Waals surface area contributed by atoms with Gasteiger partial charge in [-0.1, -0.05) is 33.8 Å². The molecule has 1 fully saturated rings. The number of urea groups is 1. The summed E-state index contributed by atoms with van der Waals surface area (Å²) < 4.78 is 4.87. The summed E-state index contributed by atoms with van der Waals surface area (Å²) in [5.41, 5.74) is 3.57. The zero-order valence-corrected chi connectivity index (χ0v) is 22.2. The molecular formula is C28H38N4O5. The van der Waals surface area contributed by atoms with E-state index in [9.17, 15) is 19.5 Å². The first kappa shape index (κ1) is 27.8. The SMILES string of the molecule is CCOC(=O)Nc1ccc(NC(=O)Nc2cc(C3CC3C(=O)O)ccc2N(CC(C)C)CC(C)C)cc1. The van der Waals surface area contributed by atoms with Crippen molar-refractivity contribution in [1.82, 2.24) is 0 Å². The zero-order chi connectivity index (χ0) is 27.1. The molecule has 2 aromatic rings. The second-order valence-corrected chi connectivity index (χ2v) is 10.3. The monoisotopic (exact) mass is 510 g/mol. The third-order valence-corrected chi connectivity index (χ3v) is 5.98. The lowest BCUT2D eigenvalue weighted by Gasteiger charge is -2.30. The Balaban J connectivity index is 1.79. The fraction of sp³-hybridized carbons (Fsp3) is 0.464. The lowest BCUT2D eigenvalue weighted by atomic mass is 10.0. The number of nitrogens with zero attached hydrogens (tertiary/aromatic N) is 1. The van der Waals surface area contributed by atoms with Crippen molar-refractivity contribution >= 4 is 40.8 Å². The number of ether oxygens (including phenoxy) is 1. The molecular weight excluding hydrogens is 472 g/mol. The summed E-state index contributed by atoms with van der Waals surface area (Å²) in [6.07, 6.45) is 0.0651. The van der Waals surface area contributed by atoms with Crippen LogP contribution in [0.25, 0.3) is 0 Å². The highest BCUT2D eigenvalue weighted by atomic mass is 16.5. The standard InChI is InChI=1S/C28H38N4O5/c1-6-37-28(36)30-21-10-8-20(9-11-21)29-27(35)31-24-13-19(22-14-23(22)26(33)34)7-12-25(24)32(15-17(2)3)16-18(4)5/h7-13,17-18,22-23H,6,14-16H2,1-5H3,(H,30,36)(H,33,34)(H2,29,31,35). The van der Waals surface area contributed by atoms with E-state index in [0.717, 1.165) is 24.3 Å². The number of carboxylic acids is 1. The van der Waals surface area contributed by atoms with Crippen LogP contribution < -0.4 is 20.9 Å². The molecule has 200 valence electrons. The van der Waals surface area contributed by atoms with Gasteiger partial charge in [0.15, 0.2) is 0 Å². The van der Waals surface area contributed by atoms with E-state index in [1.807, 2.05) is 18.2 Å². The molecule has 0 saturated heterocycles. The Morgan fingerprint density at radius 3 is 2.05 bits per heavy atom. The van der Waals surface area contributed by atoms with Gasteiger partial charge >= 0.3 is 18.1 Å². The van der Waals surface area contributed by atoms with Crippen LogP contribution in [0.4, 0.5) is 32.3 Å². The smallest absolute Gasteiger partial charge is 0.411 e. The van der Waals surface area contributed by atoms with Gasteiger partial charge in [-0.15, -0.1) is 0 Å². The van der Waals surface area contributed by atoms with Crippen molar-refractivity contribution < 1.29 is 24.2 Å². The van der Waals surface area contributed by atoms with Crippen molar-refractivity contribution in [1.29, 1.82) is 0 Å². The van der Waals surface area contributed by atoms with Crippen LogP contribution in [0.15, 0.2) is 42.5 Å². The molecule has 1 aliphatic carbocycles. The summed E-state index contributed by atoms with van der Waals surface area (Å²) in [6.45, 7) is 12.3. The van der Waals surface area contributed by atoms with Gasteiger partial charge in [0.2, 0.25) is 0 Å². The van der Waals surface area contributed by atoms with Crippen LogP contribution in [0.1, 0.15) is 52.5 Å². The largest absolute Gasteiger partial charge is 0.481 e. The van der Waals surface area contributed by atoms with E-state index in [4.69, 9.17) is 4.74 Å². The summed E-state index contributed by atoms with van der Waals surface area (Å²) in [7, 11) is 0. The molecule has 1 aliphatic rings. The molecule has 2 aromatic carbocycles. The first-order chi connectivity index (χ1) is 17.6. The second-order valence-electron chi connectivity index (χ2n) is 10.3. The maximum Gasteiger partial charge on any atom is 0.411 e. The maximum absolute atomic E-state index is 13.0. The number of rotatable bonds is 11. The van der Waals surface area contributed by atoms with Crippen molar-refractivity contribution in [3.63, 3.8) is 0 Å². The average Bonchev–Trinajstić information content (AvgIpc) is 3.61. The third-order valence-electron chi connectivity index (χ3n) is 5.98. The quantitative estimate of drug-likeness (QED) is 0.285. The minimum atomic E-state index is -0.788. The minimum Gasteiger partial charge on any atom is -0.481 e. The van der Waals surface area contributed by atoms with Gasteiger partial charge in [-0.2, -0.15) is 0 Å². The molecule has 9 nitrogen and oxygen atoms in total. The topological polar surface area (TPSA) is 120 Å². The minimum absolute atomic E-state index is 0.0433. The van der Waals surface area contributed by atoms with Crippen molar-refractivity contribution in [3.05, 3.63) is 48.0 Å². The first-order valence-electron chi connectivity index (χ1n) is 12.8. The van der Waals surface area contributed by atoms with E-state index >= 15 is 0 Å². The molecule has 3 amide bonds. The summed E-state index contributed by atoms with van der Waals surface area (Å²) in [6, 6.07) is 12.2. The molecule has 2 atom stereocenters. The Kier molecular flexibility index (Phi) is 9.38. The molecule has 4 N–H and O–H groups in total. The second kappa shape index (κ2) is 12.5. The van der Waals surface area contributed by atoms with Gasteiger partial charge in [0, 0.05) is 24.5 Å². The van der Waals surface area contributed by atoms with Crippen molar-refractivity contribution in [3.8, 4) is 0 Å². The predicted molar refractivity (Wildman–Crippen MR) is 147 cm³/mol. The van der Waals surface area contributed by atoms with Gasteiger partial charge in [0.1, 0.15) is 0 Å². The summed E-state index contributed by atoms with van der Waals surface area (Å²) >= 11 is 0. The zero-order valence-electron chi connectivity index (χ0n) is 22.2. The Morgan fingerprint density at radius 1 is 0.946 bits per heavy atom. The van der Waals surface area contributed by atoms with E-state index in [0.29, 0.717) is 35.3 Å². The van der Waals surface area contributed by atoms with Crippen LogP contribution >= 0.6 is 0 Å². The Morgan fingerprint density at radius 2 is 1.54 bits per heavy atom. The summed E-state index contributed by atoms with van der Waals surface area (Å²) in [5, 5.41) is 17.8. The first-order valence-corrected chi connectivity index (χ1v) is 12.8. The van der Waals surface area contributed by atoms with E-state index in [1.54, 1.807) is 31.2 Å². The van der Waals surface area contributed by atoms with E-state index in [-0.39, 0.29) is 18.4 Å². The molecule has 1 saturated carbocycles. The fourth-order valence-electron chi connectivity index (χ4n) is 4.36. The molecule has 9 heteroatoms. The average molecular weight is 511 g/mol. The van der Waals surface area contributed by atoms with Crippen molar-refractivity contribution in [2.75, 3.05) is 40.5 Å². The lowest BCUT2D eigenvalue weighted by Crippen LogP contribution is -2.32. The molecule has 0 heterocycles. The van der Waals surface area contributed by atoms with Crippen LogP contribution in [-0.4, -0.2) is 42.9 Å². The number of anilines is 4. The van der Waals surface area contributed by atoms with Crippen LogP contribution in [-0.2, 0) is 9.53 Å². The van der Waals surface area contributed by atoms with Crippen LogP contribution in [0.2, 0.25) is 0 Å². The molecule has 0 bridgehead atoms. The summed E-state index contributed by atoms with van der Waals surface area (Å²) in [5.74, 6) is -0.373. The van der Waals surface area contributed by atoms with Gasteiger partial charge in [0.05, 0.1) is 23.9 Å². The summed E-state index contributed by atoms with van der Waals surface area (Å²) in [4.78, 5) is 38.3. The predicted octanol–water partition coefficient (Wildman–Crippen LogP) is 6.21. The Bertz CT molecular complexity index is 1090. The van der Waals surface area contributed by atoms with Crippen LogP contribution in [0.3, 0.4) is 0 Å². The van der Waals surface area contributed by atoms with Crippen molar-refractivity contribution in [2.45, 2.75) is 47.0 Å². The third kappa shape index (κ3) is 8.13. The number of hydrogen-bond donors (Lipinski definition) is 4. The molecule has 37 heavy (non-hydrogen) atoms. The number of aliphatic carboxylic acids is 1. The van der Waals surface area contributed by atoms with Crippen LogP contribution in [0, 0.1) is 17.8 Å². The fourth-order valence-corrected chi connectivity index (χ4v) is 4.36. The Labute approximate surface area is 218 Å². The van der Waals surface area contributed by atoms with Gasteiger partial charge in [-0.3, -0.25) is 10.1 Å². The van der Waals surface area contributed by atoms with E-state index in [1.165, 1.54) is 0 Å². The number of benzene rings is 2.